The van der Waals surface area contributed by atoms with Gasteiger partial charge >= 0.3 is 0 Å². The van der Waals surface area contributed by atoms with Crippen LogP contribution in [0.1, 0.15) is 46.2 Å². The third-order valence-corrected chi connectivity index (χ3v) is 5.78. The van der Waals surface area contributed by atoms with E-state index in [1.54, 1.807) is 21.8 Å². The topological polar surface area (TPSA) is 107 Å². The number of hydrogen-bond donors (Lipinski definition) is 2. The monoisotopic (exact) mass is 491 g/mol. The molecule has 184 valence electrons. The molecule has 0 aliphatic rings. The van der Waals surface area contributed by atoms with Crippen molar-refractivity contribution in [3.8, 4) is 22.8 Å². The number of benzene rings is 2. The highest BCUT2D eigenvalue weighted by atomic mass is 16.2. The Balaban J connectivity index is 1.41. The van der Waals surface area contributed by atoms with E-state index in [1.165, 1.54) is 6.20 Å². The molecule has 0 unspecified atom stereocenters. The number of hydrogen-bond acceptors (Lipinski definition) is 5. The lowest BCUT2D eigenvalue weighted by Gasteiger charge is -2.12. The number of pyridine rings is 1. The smallest absolute Gasteiger partial charge is 0.267 e. The van der Waals surface area contributed by atoms with E-state index in [0.29, 0.717) is 28.3 Å². The Morgan fingerprint density at radius 2 is 1.46 bits per heavy atom. The Morgan fingerprint density at radius 1 is 0.811 bits per heavy atom. The first-order valence-electron chi connectivity index (χ1n) is 11.8. The van der Waals surface area contributed by atoms with Crippen LogP contribution < -0.4 is 10.9 Å². The molecule has 9 nitrogen and oxygen atoms in total. The summed E-state index contributed by atoms with van der Waals surface area (Å²) in [5, 5.41) is 9.03. The summed E-state index contributed by atoms with van der Waals surface area (Å²) in [6.45, 7) is 3.94. The van der Waals surface area contributed by atoms with Crippen molar-refractivity contribution in [2.45, 2.75) is 19.8 Å². The fourth-order valence-corrected chi connectivity index (χ4v) is 4.06. The average molecular weight is 492 g/mol. The highest BCUT2D eigenvalue weighted by Gasteiger charge is 2.23. The molecule has 0 radical (unpaired) electrons. The van der Waals surface area contributed by atoms with Gasteiger partial charge in [-0.3, -0.25) is 20.4 Å². The number of nitrogens with one attached hydrogen (secondary N) is 2. The Kier molecular flexibility index (Phi) is 6.58. The number of hydrazine groups is 1. The van der Waals surface area contributed by atoms with E-state index in [4.69, 9.17) is 0 Å². The van der Waals surface area contributed by atoms with Crippen LogP contribution in [-0.2, 0) is 0 Å². The number of aromatic nitrogens is 5. The number of nitrogens with zero attached hydrogens (tertiary/aromatic N) is 5. The minimum atomic E-state index is -0.488. The highest BCUT2D eigenvalue weighted by Crippen LogP contribution is 2.24. The summed E-state index contributed by atoms with van der Waals surface area (Å²) in [4.78, 5) is 30.7. The minimum Gasteiger partial charge on any atom is -0.267 e. The van der Waals surface area contributed by atoms with Crippen LogP contribution in [0.25, 0.3) is 22.8 Å². The van der Waals surface area contributed by atoms with Crippen LogP contribution in [0.5, 0.6) is 0 Å². The van der Waals surface area contributed by atoms with Gasteiger partial charge in [0.15, 0.2) is 5.82 Å². The number of carbonyl (C=O) groups excluding carboxylic acids is 2. The Bertz CT molecular complexity index is 1530. The van der Waals surface area contributed by atoms with Gasteiger partial charge in [-0.05, 0) is 30.2 Å². The zero-order valence-electron chi connectivity index (χ0n) is 20.4. The second kappa shape index (κ2) is 10.3. The van der Waals surface area contributed by atoms with Crippen LogP contribution in [0.4, 0.5) is 0 Å². The van der Waals surface area contributed by atoms with Gasteiger partial charge in [-0.1, -0.05) is 68.4 Å². The van der Waals surface area contributed by atoms with Gasteiger partial charge in [0, 0.05) is 18.0 Å². The lowest BCUT2D eigenvalue weighted by Crippen LogP contribution is -2.42. The first-order valence-corrected chi connectivity index (χ1v) is 11.8. The van der Waals surface area contributed by atoms with Gasteiger partial charge in [0.1, 0.15) is 5.69 Å². The molecule has 2 aromatic carbocycles. The average Bonchev–Trinajstić information content (AvgIpc) is 3.59. The molecular weight excluding hydrogens is 466 g/mol. The number of amides is 2. The maximum atomic E-state index is 13.3. The zero-order chi connectivity index (χ0) is 25.8. The second-order valence-electron chi connectivity index (χ2n) is 8.64. The summed E-state index contributed by atoms with van der Waals surface area (Å²) < 4.78 is 3.28. The van der Waals surface area contributed by atoms with Crippen molar-refractivity contribution < 1.29 is 9.59 Å². The number of para-hydroxylation sites is 1. The molecule has 0 aliphatic carbocycles. The number of rotatable bonds is 6. The van der Waals surface area contributed by atoms with Crippen LogP contribution in [-0.4, -0.2) is 36.4 Å². The van der Waals surface area contributed by atoms with Gasteiger partial charge in [0.2, 0.25) is 0 Å². The molecule has 37 heavy (non-hydrogen) atoms. The summed E-state index contributed by atoms with van der Waals surface area (Å²) in [6.07, 6.45) is 4.80. The molecule has 0 aliphatic heterocycles. The first-order chi connectivity index (χ1) is 18.0. The molecule has 3 aromatic heterocycles. The van der Waals surface area contributed by atoms with Gasteiger partial charge in [-0.2, -0.15) is 10.2 Å². The Labute approximate surface area is 213 Å². The van der Waals surface area contributed by atoms with Crippen LogP contribution in [0.2, 0.25) is 0 Å². The van der Waals surface area contributed by atoms with Crippen molar-refractivity contribution >= 4 is 11.8 Å². The second-order valence-corrected chi connectivity index (χ2v) is 8.64. The molecule has 0 saturated heterocycles. The van der Waals surface area contributed by atoms with Gasteiger partial charge in [0.25, 0.3) is 11.8 Å². The van der Waals surface area contributed by atoms with Crippen LogP contribution in [0.3, 0.4) is 0 Å². The molecule has 5 rings (SSSR count). The maximum Gasteiger partial charge on any atom is 0.273 e. The van der Waals surface area contributed by atoms with Gasteiger partial charge in [-0.15, -0.1) is 0 Å². The predicted octanol–water partition coefficient (Wildman–Crippen LogP) is 4.32. The molecule has 0 bridgehead atoms. The van der Waals surface area contributed by atoms with E-state index < -0.39 is 11.8 Å². The normalized spacial score (nSPS) is 10.9. The van der Waals surface area contributed by atoms with Crippen molar-refractivity contribution in [2.24, 2.45) is 0 Å². The Morgan fingerprint density at radius 3 is 2.11 bits per heavy atom. The van der Waals surface area contributed by atoms with Crippen molar-refractivity contribution in [2.75, 3.05) is 0 Å². The summed E-state index contributed by atoms with van der Waals surface area (Å²) in [5.41, 5.74) is 8.54. The summed E-state index contributed by atoms with van der Waals surface area (Å²) in [6, 6.07) is 24.4. The first kappa shape index (κ1) is 23.7. The van der Waals surface area contributed by atoms with Gasteiger partial charge in [0.05, 0.1) is 28.7 Å². The molecule has 0 atom stereocenters. The van der Waals surface area contributed by atoms with E-state index >= 15 is 0 Å². The molecule has 0 fully saturated rings. The predicted molar refractivity (Wildman–Crippen MR) is 139 cm³/mol. The van der Waals surface area contributed by atoms with Crippen molar-refractivity contribution in [1.29, 1.82) is 0 Å². The molecule has 2 N–H and O–H groups in total. The largest absolute Gasteiger partial charge is 0.273 e. The minimum absolute atomic E-state index is 0.0188. The van der Waals surface area contributed by atoms with Crippen LogP contribution >= 0.6 is 0 Å². The molecular formula is C28H25N7O2. The molecule has 0 saturated carbocycles. The number of carbonyl (C=O) groups is 2. The van der Waals surface area contributed by atoms with E-state index in [2.05, 4.69) is 26.0 Å². The summed E-state index contributed by atoms with van der Waals surface area (Å²) >= 11 is 0. The maximum absolute atomic E-state index is 13.3. The van der Waals surface area contributed by atoms with E-state index in [-0.39, 0.29) is 5.92 Å². The Hall–Kier alpha value is -5.05. The van der Waals surface area contributed by atoms with E-state index in [0.717, 1.165) is 11.3 Å². The standard InChI is InChI=1S/C28H25N7O2/c1-19(2)26-22(17-30-35(26)24-15-9-10-16-29-24)27(36)31-32-28(37)23-18-34(21-13-7-4-8-14-21)33-25(23)20-11-5-3-6-12-20/h3-19H,1-2H3,(H,31,36)(H,32,37). The molecule has 5 aromatic rings. The molecule has 2 amide bonds. The van der Waals surface area contributed by atoms with E-state index in [9.17, 15) is 9.59 Å². The van der Waals surface area contributed by atoms with Crippen molar-refractivity contribution in [1.82, 2.24) is 35.4 Å². The van der Waals surface area contributed by atoms with E-state index in [1.807, 2.05) is 92.7 Å². The highest BCUT2D eigenvalue weighted by molar-refractivity contribution is 6.02. The molecule has 9 heteroatoms. The quantitative estimate of drug-likeness (QED) is 0.344. The lowest BCUT2D eigenvalue weighted by molar-refractivity contribution is 0.0846. The third kappa shape index (κ3) is 4.87. The van der Waals surface area contributed by atoms with Crippen LogP contribution in [0.15, 0.2) is 97.5 Å². The van der Waals surface area contributed by atoms with Crippen molar-refractivity contribution in [3.63, 3.8) is 0 Å². The van der Waals surface area contributed by atoms with Gasteiger partial charge in [-0.25, -0.2) is 14.3 Å². The SMILES string of the molecule is CC(C)c1c(C(=O)NNC(=O)c2cn(-c3ccccc3)nc2-c2ccccc2)cnn1-c1ccccn1. The van der Waals surface area contributed by atoms with Crippen molar-refractivity contribution in [3.05, 3.63) is 114 Å². The fourth-order valence-electron chi connectivity index (χ4n) is 4.06. The molecule has 0 spiro atoms. The molecule has 3 heterocycles. The summed E-state index contributed by atoms with van der Waals surface area (Å²) in [5.74, 6) is -0.376. The lowest BCUT2D eigenvalue weighted by atomic mass is 10.1. The fraction of sp³-hybridized carbons (Fsp3) is 0.107. The van der Waals surface area contributed by atoms with Gasteiger partial charge < -0.3 is 0 Å². The zero-order valence-corrected chi connectivity index (χ0v) is 20.4. The third-order valence-electron chi connectivity index (χ3n) is 5.78. The summed E-state index contributed by atoms with van der Waals surface area (Å²) in [7, 11) is 0. The van der Waals surface area contributed by atoms with Crippen LogP contribution in [0, 0.1) is 0 Å².